The van der Waals surface area contributed by atoms with Gasteiger partial charge in [-0.25, -0.2) is 4.98 Å². The Morgan fingerprint density at radius 3 is 2.36 bits per heavy atom. The van der Waals surface area contributed by atoms with Crippen molar-refractivity contribution in [2.24, 2.45) is 0 Å². The lowest BCUT2D eigenvalue weighted by molar-refractivity contribution is -0.275. The first kappa shape index (κ1) is 19.3. The Kier molecular flexibility index (Phi) is 6.50. The van der Waals surface area contributed by atoms with Crippen LogP contribution in [0.1, 0.15) is 24.3 Å². The minimum Gasteiger partial charge on any atom is -0.435 e. The van der Waals surface area contributed by atoms with E-state index < -0.39 is 6.36 Å². The van der Waals surface area contributed by atoms with Gasteiger partial charge in [-0.2, -0.15) is 0 Å². The second-order valence-electron chi connectivity index (χ2n) is 5.52. The third kappa shape index (κ3) is 5.24. The molecule has 4 nitrogen and oxygen atoms in total. The van der Waals surface area contributed by atoms with Crippen molar-refractivity contribution in [1.82, 2.24) is 10.3 Å². The highest BCUT2D eigenvalue weighted by atomic mass is 35.5. The molecule has 1 N–H and O–H groups in total. The average molecular weight is 375 g/mol. The summed E-state index contributed by atoms with van der Waals surface area (Å²) >= 11 is 0. The SMILES string of the molecule is Cl.FC(F)(F)Oc1ccccc1Oc1ncccc1C1CCNCC1. The highest BCUT2D eigenvalue weighted by molar-refractivity contribution is 5.85. The second-order valence-corrected chi connectivity index (χ2v) is 5.52. The predicted octanol–water partition coefficient (Wildman–Crippen LogP) is 4.66. The van der Waals surface area contributed by atoms with Gasteiger partial charge < -0.3 is 14.8 Å². The standard InChI is InChI=1S/C17H17F3N2O2.ClH/c18-17(19,20)24-15-6-2-1-5-14(15)23-16-13(4-3-9-22-16)12-7-10-21-11-8-12;/h1-6,9,12,21H,7-8,10-11H2;1H. The maximum absolute atomic E-state index is 12.5. The molecule has 1 aliphatic rings. The molecule has 136 valence electrons. The van der Waals surface area contributed by atoms with Crippen LogP contribution in [0, 0.1) is 0 Å². The first-order valence-electron chi connectivity index (χ1n) is 7.71. The fourth-order valence-electron chi connectivity index (χ4n) is 2.78. The average Bonchev–Trinajstić information content (AvgIpc) is 2.57. The Morgan fingerprint density at radius 2 is 1.68 bits per heavy atom. The number of halogens is 4. The highest BCUT2D eigenvalue weighted by Gasteiger charge is 2.32. The molecular formula is C17H18ClF3N2O2. The number of piperidine rings is 1. The smallest absolute Gasteiger partial charge is 0.435 e. The molecule has 1 aromatic heterocycles. The number of rotatable bonds is 4. The Labute approximate surface area is 149 Å². The van der Waals surface area contributed by atoms with Gasteiger partial charge in [0.2, 0.25) is 5.88 Å². The van der Waals surface area contributed by atoms with Gasteiger partial charge >= 0.3 is 6.36 Å². The van der Waals surface area contributed by atoms with Crippen LogP contribution in [-0.4, -0.2) is 24.4 Å². The molecule has 25 heavy (non-hydrogen) atoms. The van der Waals surface area contributed by atoms with Crippen LogP contribution in [0.3, 0.4) is 0 Å². The van der Waals surface area contributed by atoms with E-state index in [-0.39, 0.29) is 29.8 Å². The summed E-state index contributed by atoms with van der Waals surface area (Å²) in [5.41, 5.74) is 0.904. The summed E-state index contributed by atoms with van der Waals surface area (Å²) in [4.78, 5) is 4.21. The number of ether oxygens (including phenoxy) is 2. The topological polar surface area (TPSA) is 43.4 Å². The molecule has 1 saturated heterocycles. The van der Waals surface area contributed by atoms with Crippen molar-refractivity contribution in [3.05, 3.63) is 48.2 Å². The number of nitrogens with zero attached hydrogens (tertiary/aromatic N) is 1. The van der Waals surface area contributed by atoms with Crippen LogP contribution in [0.2, 0.25) is 0 Å². The van der Waals surface area contributed by atoms with Crippen LogP contribution in [0.4, 0.5) is 13.2 Å². The molecule has 1 aliphatic heterocycles. The van der Waals surface area contributed by atoms with Gasteiger partial charge in [0.25, 0.3) is 0 Å². The Bertz CT molecular complexity index is 692. The van der Waals surface area contributed by atoms with Crippen molar-refractivity contribution >= 4 is 12.4 Å². The van der Waals surface area contributed by atoms with E-state index in [2.05, 4.69) is 15.0 Å². The highest BCUT2D eigenvalue weighted by Crippen LogP contribution is 2.38. The van der Waals surface area contributed by atoms with Crippen LogP contribution < -0.4 is 14.8 Å². The summed E-state index contributed by atoms with van der Waals surface area (Å²) in [7, 11) is 0. The van der Waals surface area contributed by atoms with Crippen molar-refractivity contribution < 1.29 is 22.6 Å². The van der Waals surface area contributed by atoms with Crippen molar-refractivity contribution in [3.63, 3.8) is 0 Å². The van der Waals surface area contributed by atoms with E-state index in [1.54, 1.807) is 12.3 Å². The summed E-state index contributed by atoms with van der Waals surface area (Å²) < 4.78 is 47.3. The van der Waals surface area contributed by atoms with E-state index in [0.717, 1.165) is 31.5 Å². The number of aromatic nitrogens is 1. The third-order valence-electron chi connectivity index (χ3n) is 3.86. The molecule has 0 bridgehead atoms. The monoisotopic (exact) mass is 374 g/mol. The second kappa shape index (κ2) is 8.40. The molecule has 1 fully saturated rings. The van der Waals surface area contributed by atoms with E-state index in [9.17, 15) is 13.2 Å². The van der Waals surface area contributed by atoms with Gasteiger partial charge in [0.1, 0.15) is 0 Å². The lowest BCUT2D eigenvalue weighted by atomic mass is 9.91. The number of hydrogen-bond donors (Lipinski definition) is 1. The summed E-state index contributed by atoms with van der Waals surface area (Å²) in [6.45, 7) is 1.79. The van der Waals surface area contributed by atoms with Gasteiger partial charge in [-0.1, -0.05) is 18.2 Å². The number of alkyl halides is 3. The summed E-state index contributed by atoms with van der Waals surface area (Å²) in [6.07, 6.45) is -1.35. The maximum atomic E-state index is 12.5. The fraction of sp³-hybridized carbons (Fsp3) is 0.353. The Hall–Kier alpha value is -1.99. The first-order chi connectivity index (χ1) is 11.5. The predicted molar refractivity (Wildman–Crippen MR) is 89.5 cm³/mol. The van der Waals surface area contributed by atoms with Gasteiger partial charge in [-0.15, -0.1) is 25.6 Å². The fourth-order valence-corrected chi connectivity index (χ4v) is 2.78. The van der Waals surface area contributed by atoms with Crippen LogP contribution in [0.5, 0.6) is 17.4 Å². The molecule has 0 aliphatic carbocycles. The van der Waals surface area contributed by atoms with Crippen LogP contribution >= 0.6 is 12.4 Å². The normalized spacial score (nSPS) is 15.3. The van der Waals surface area contributed by atoms with Crippen LogP contribution in [0.15, 0.2) is 42.6 Å². The van der Waals surface area contributed by atoms with E-state index >= 15 is 0 Å². The number of nitrogens with one attached hydrogen (secondary N) is 1. The van der Waals surface area contributed by atoms with Gasteiger partial charge in [0.05, 0.1) is 0 Å². The molecule has 2 aromatic rings. The molecule has 3 rings (SSSR count). The molecule has 0 unspecified atom stereocenters. The summed E-state index contributed by atoms with van der Waals surface area (Å²) in [5.74, 6) is 0.198. The molecular weight excluding hydrogens is 357 g/mol. The van der Waals surface area contributed by atoms with Crippen molar-refractivity contribution in [2.75, 3.05) is 13.1 Å². The first-order valence-corrected chi connectivity index (χ1v) is 7.71. The van der Waals surface area contributed by atoms with Gasteiger partial charge in [0, 0.05) is 11.8 Å². The number of hydrogen-bond acceptors (Lipinski definition) is 4. The van der Waals surface area contributed by atoms with Gasteiger partial charge in [-0.05, 0) is 50.0 Å². The zero-order valence-electron chi connectivity index (χ0n) is 13.3. The Balaban J connectivity index is 0.00000225. The van der Waals surface area contributed by atoms with Gasteiger partial charge in [0.15, 0.2) is 11.5 Å². The lowest BCUT2D eigenvalue weighted by Gasteiger charge is -2.24. The van der Waals surface area contributed by atoms with Crippen molar-refractivity contribution in [3.8, 4) is 17.4 Å². The molecule has 0 spiro atoms. The number of para-hydroxylation sites is 2. The van der Waals surface area contributed by atoms with E-state index in [1.165, 1.54) is 18.2 Å². The lowest BCUT2D eigenvalue weighted by Crippen LogP contribution is -2.26. The van der Waals surface area contributed by atoms with E-state index in [4.69, 9.17) is 4.74 Å². The molecule has 8 heteroatoms. The van der Waals surface area contributed by atoms with Gasteiger partial charge in [-0.3, -0.25) is 0 Å². The number of pyridine rings is 1. The van der Waals surface area contributed by atoms with Crippen LogP contribution in [0.25, 0.3) is 0 Å². The molecule has 0 saturated carbocycles. The largest absolute Gasteiger partial charge is 0.573 e. The molecule has 2 heterocycles. The zero-order valence-corrected chi connectivity index (χ0v) is 14.1. The van der Waals surface area contributed by atoms with E-state index in [0.29, 0.717) is 5.88 Å². The molecule has 0 radical (unpaired) electrons. The molecule has 0 atom stereocenters. The van der Waals surface area contributed by atoms with Crippen molar-refractivity contribution in [1.29, 1.82) is 0 Å². The quantitative estimate of drug-likeness (QED) is 0.845. The van der Waals surface area contributed by atoms with E-state index in [1.807, 2.05) is 12.1 Å². The minimum absolute atomic E-state index is 0. The molecule has 0 amide bonds. The summed E-state index contributed by atoms with van der Waals surface area (Å²) in [5, 5.41) is 3.28. The van der Waals surface area contributed by atoms with Crippen LogP contribution in [-0.2, 0) is 0 Å². The maximum Gasteiger partial charge on any atom is 0.573 e. The minimum atomic E-state index is -4.78. The van der Waals surface area contributed by atoms with Crippen molar-refractivity contribution in [2.45, 2.75) is 25.1 Å². The summed E-state index contributed by atoms with van der Waals surface area (Å²) in [6, 6.07) is 9.41. The zero-order chi connectivity index (χ0) is 17.0. The third-order valence-corrected chi connectivity index (χ3v) is 3.86. The molecule has 1 aromatic carbocycles. The number of benzene rings is 1. The Morgan fingerprint density at radius 1 is 1.00 bits per heavy atom.